The fourth-order valence-electron chi connectivity index (χ4n) is 3.39. The molecule has 3 atom stereocenters. The van der Waals surface area contributed by atoms with Gasteiger partial charge >= 0.3 is 0 Å². The third-order valence-electron chi connectivity index (χ3n) is 4.71. The lowest BCUT2D eigenvalue weighted by Gasteiger charge is -2.28. The molecule has 1 saturated heterocycles. The molecule has 0 spiro atoms. The van der Waals surface area contributed by atoms with Crippen LogP contribution in [0.2, 0.25) is 0 Å². The first kappa shape index (κ1) is 16.6. The average Bonchev–Trinajstić information content (AvgIpc) is 3.06. The van der Waals surface area contributed by atoms with Gasteiger partial charge in [-0.25, -0.2) is 0 Å². The quantitative estimate of drug-likeness (QED) is 0.840. The molecule has 2 heterocycles. The molecule has 128 valence electrons. The summed E-state index contributed by atoms with van der Waals surface area (Å²) in [4.78, 5) is 2.32. The van der Waals surface area contributed by atoms with Crippen LogP contribution in [0.4, 0.5) is 0 Å². The lowest BCUT2D eigenvalue weighted by molar-refractivity contribution is 0.0827. The summed E-state index contributed by atoms with van der Waals surface area (Å²) in [5, 5.41) is 10.6. The fourth-order valence-corrected chi connectivity index (χ4v) is 3.39. The number of benzene rings is 1. The number of aliphatic hydroxyl groups is 1. The summed E-state index contributed by atoms with van der Waals surface area (Å²) in [6.45, 7) is 5.63. The number of likely N-dealkylation sites (tertiary alicyclic amines) is 1. The third-order valence-corrected chi connectivity index (χ3v) is 4.71. The zero-order valence-electron chi connectivity index (χ0n) is 13.9. The van der Waals surface area contributed by atoms with Gasteiger partial charge in [0.15, 0.2) is 11.5 Å². The van der Waals surface area contributed by atoms with Crippen molar-refractivity contribution in [2.75, 3.05) is 26.2 Å². The van der Waals surface area contributed by atoms with Crippen LogP contribution in [0.25, 0.3) is 0 Å². The summed E-state index contributed by atoms with van der Waals surface area (Å²) >= 11 is 0. The van der Waals surface area contributed by atoms with Crippen molar-refractivity contribution >= 4 is 0 Å². The molecule has 0 bridgehead atoms. The molecular weight excluding hydrogens is 292 g/mol. The number of rotatable bonds is 6. The zero-order chi connectivity index (χ0) is 16.2. The van der Waals surface area contributed by atoms with Crippen LogP contribution in [0.3, 0.4) is 0 Å². The van der Waals surface area contributed by atoms with Crippen LogP contribution in [-0.4, -0.2) is 48.4 Å². The first-order valence-corrected chi connectivity index (χ1v) is 8.76. The average molecular weight is 320 g/mol. The summed E-state index contributed by atoms with van der Waals surface area (Å²) in [7, 11) is 0. The molecule has 1 aromatic rings. The molecule has 0 saturated carbocycles. The van der Waals surface area contributed by atoms with Crippen LogP contribution in [0, 0.1) is 0 Å². The number of hydrogen-bond donors (Lipinski definition) is 2. The van der Waals surface area contributed by atoms with Gasteiger partial charge in [0.25, 0.3) is 0 Å². The highest BCUT2D eigenvalue weighted by Crippen LogP contribution is 2.35. The second-order valence-corrected chi connectivity index (χ2v) is 6.66. The maximum atomic E-state index is 10.6. The van der Waals surface area contributed by atoms with E-state index in [1.54, 1.807) is 0 Å². The van der Waals surface area contributed by atoms with Gasteiger partial charge < -0.3 is 25.2 Å². The molecule has 23 heavy (non-hydrogen) atoms. The van der Waals surface area contributed by atoms with Crippen molar-refractivity contribution in [3.05, 3.63) is 23.8 Å². The molecule has 5 nitrogen and oxygen atoms in total. The van der Waals surface area contributed by atoms with Gasteiger partial charge in [-0.2, -0.15) is 0 Å². The molecular formula is C18H28N2O3. The number of nitrogens with two attached hydrogens (primary N) is 1. The summed E-state index contributed by atoms with van der Waals surface area (Å²) in [6.07, 6.45) is 3.90. The van der Waals surface area contributed by atoms with Gasteiger partial charge in [0, 0.05) is 12.6 Å². The van der Waals surface area contributed by atoms with E-state index in [0.717, 1.165) is 49.5 Å². The molecule has 5 heteroatoms. The Morgan fingerprint density at radius 3 is 2.83 bits per heavy atom. The summed E-state index contributed by atoms with van der Waals surface area (Å²) in [5.74, 6) is 1.47. The van der Waals surface area contributed by atoms with E-state index in [1.807, 2.05) is 18.2 Å². The van der Waals surface area contributed by atoms with Crippen LogP contribution < -0.4 is 15.2 Å². The van der Waals surface area contributed by atoms with E-state index in [0.29, 0.717) is 6.61 Å². The number of nitrogens with zero attached hydrogens (tertiary/aromatic N) is 1. The zero-order valence-corrected chi connectivity index (χ0v) is 13.9. The van der Waals surface area contributed by atoms with Gasteiger partial charge in [-0.1, -0.05) is 19.4 Å². The Morgan fingerprint density at radius 1 is 1.30 bits per heavy atom. The van der Waals surface area contributed by atoms with Crippen molar-refractivity contribution in [2.45, 2.75) is 50.9 Å². The Hall–Kier alpha value is -1.30. The van der Waals surface area contributed by atoms with Crippen LogP contribution in [-0.2, 0) is 0 Å². The van der Waals surface area contributed by atoms with E-state index in [-0.39, 0.29) is 12.1 Å². The molecule has 1 fully saturated rings. The lowest BCUT2D eigenvalue weighted by atomic mass is 10.0. The van der Waals surface area contributed by atoms with E-state index in [1.165, 1.54) is 12.8 Å². The third kappa shape index (κ3) is 3.97. The second kappa shape index (κ2) is 7.51. The Kier molecular flexibility index (Phi) is 5.41. The van der Waals surface area contributed by atoms with Gasteiger partial charge in [-0.3, -0.25) is 0 Å². The van der Waals surface area contributed by atoms with Crippen molar-refractivity contribution < 1.29 is 14.6 Å². The Labute approximate surface area is 138 Å². The van der Waals surface area contributed by atoms with Crippen molar-refractivity contribution in [2.24, 2.45) is 5.73 Å². The first-order valence-electron chi connectivity index (χ1n) is 8.76. The second-order valence-electron chi connectivity index (χ2n) is 6.66. The molecule has 2 aliphatic rings. The van der Waals surface area contributed by atoms with Crippen LogP contribution in [0.5, 0.6) is 11.5 Å². The number of hydrogen-bond acceptors (Lipinski definition) is 5. The van der Waals surface area contributed by atoms with Gasteiger partial charge in [-0.15, -0.1) is 0 Å². The smallest absolute Gasteiger partial charge is 0.162 e. The Balaban J connectivity index is 1.66. The van der Waals surface area contributed by atoms with Crippen LogP contribution >= 0.6 is 0 Å². The van der Waals surface area contributed by atoms with E-state index < -0.39 is 6.10 Å². The van der Waals surface area contributed by atoms with E-state index in [9.17, 15) is 5.11 Å². The molecule has 1 aromatic carbocycles. The van der Waals surface area contributed by atoms with Crippen molar-refractivity contribution in [3.63, 3.8) is 0 Å². The summed E-state index contributed by atoms with van der Waals surface area (Å²) in [6, 6.07) is 5.35. The number of fused-ring (bicyclic) bond motifs is 1. The van der Waals surface area contributed by atoms with Gasteiger partial charge in [0.2, 0.25) is 0 Å². The standard InChI is InChI=1S/C18H28N2O3/c1-2-5-14-12-22-16-7-6-13(10-17(16)23-14)18(21)15(19)11-20-8-3-4-9-20/h6-7,10,14-15,18,21H,2-5,8-9,11-12,19H2,1H3. The topological polar surface area (TPSA) is 68.0 Å². The number of aliphatic hydroxyl groups excluding tert-OH is 1. The minimum Gasteiger partial charge on any atom is -0.486 e. The van der Waals surface area contributed by atoms with Crippen molar-refractivity contribution in [1.29, 1.82) is 0 Å². The molecule has 3 N–H and O–H groups in total. The predicted octanol–water partition coefficient (Wildman–Crippen LogP) is 2.08. The highest BCUT2D eigenvalue weighted by atomic mass is 16.6. The minimum atomic E-state index is -0.684. The highest BCUT2D eigenvalue weighted by Gasteiger charge is 2.25. The maximum Gasteiger partial charge on any atom is 0.162 e. The Morgan fingerprint density at radius 2 is 2.09 bits per heavy atom. The van der Waals surface area contributed by atoms with Crippen molar-refractivity contribution in [3.8, 4) is 11.5 Å². The SMILES string of the molecule is CCCC1COc2ccc(C(O)C(N)CN3CCCC3)cc2O1. The fraction of sp³-hybridized carbons (Fsp3) is 0.667. The van der Waals surface area contributed by atoms with Crippen molar-refractivity contribution in [1.82, 2.24) is 4.90 Å². The van der Waals surface area contributed by atoms with E-state index >= 15 is 0 Å². The molecule has 3 unspecified atom stereocenters. The first-order chi connectivity index (χ1) is 11.2. The molecule has 0 aliphatic carbocycles. The molecule has 2 aliphatic heterocycles. The van der Waals surface area contributed by atoms with Crippen LogP contribution in [0.1, 0.15) is 44.3 Å². The molecule has 0 amide bonds. The van der Waals surface area contributed by atoms with E-state index in [4.69, 9.17) is 15.2 Å². The van der Waals surface area contributed by atoms with Crippen LogP contribution in [0.15, 0.2) is 18.2 Å². The largest absolute Gasteiger partial charge is 0.486 e. The van der Waals surface area contributed by atoms with Gasteiger partial charge in [0.1, 0.15) is 12.7 Å². The van der Waals surface area contributed by atoms with Gasteiger partial charge in [0.05, 0.1) is 6.10 Å². The Bertz CT molecular complexity index is 517. The lowest BCUT2D eigenvalue weighted by Crippen LogP contribution is -2.40. The highest BCUT2D eigenvalue weighted by molar-refractivity contribution is 5.45. The predicted molar refractivity (Wildman–Crippen MR) is 89.9 cm³/mol. The minimum absolute atomic E-state index is 0.0955. The van der Waals surface area contributed by atoms with Gasteiger partial charge in [-0.05, 0) is 50.0 Å². The monoisotopic (exact) mass is 320 g/mol. The molecule has 3 rings (SSSR count). The normalized spacial score (nSPS) is 23.7. The van der Waals surface area contributed by atoms with E-state index in [2.05, 4.69) is 11.8 Å². The summed E-state index contributed by atoms with van der Waals surface area (Å²) < 4.78 is 11.7. The molecule has 0 aromatic heterocycles. The molecule has 0 radical (unpaired) electrons. The number of ether oxygens (including phenoxy) is 2. The summed E-state index contributed by atoms with van der Waals surface area (Å²) in [5.41, 5.74) is 7.02. The maximum absolute atomic E-state index is 10.6.